The van der Waals surface area contributed by atoms with E-state index in [1.165, 1.54) is 19.3 Å². The molecule has 1 N–H and O–H groups in total. The molecule has 0 spiro atoms. The summed E-state index contributed by atoms with van der Waals surface area (Å²) in [5, 5.41) is 3.53. The Morgan fingerprint density at radius 3 is 2.36 bits per heavy atom. The van der Waals surface area contributed by atoms with Crippen molar-refractivity contribution < 1.29 is 4.74 Å². The Labute approximate surface area is 88.4 Å². The van der Waals surface area contributed by atoms with E-state index < -0.39 is 0 Å². The van der Waals surface area contributed by atoms with Crippen molar-refractivity contribution in [2.75, 3.05) is 13.2 Å². The van der Waals surface area contributed by atoms with Crippen LogP contribution in [0.2, 0.25) is 0 Å². The molecule has 2 heteroatoms. The third-order valence-corrected chi connectivity index (χ3v) is 2.88. The maximum Gasteiger partial charge on any atom is 0.0629 e. The molecular formula is C12H25NO. The minimum absolute atomic E-state index is 0.00256. The largest absolute Gasteiger partial charge is 0.374 e. The molecule has 1 saturated carbocycles. The van der Waals surface area contributed by atoms with Crippen molar-refractivity contribution in [2.24, 2.45) is 5.92 Å². The minimum atomic E-state index is -0.00256. The van der Waals surface area contributed by atoms with Crippen LogP contribution in [0.1, 0.15) is 47.0 Å². The molecule has 1 atom stereocenters. The SMILES string of the molecule is CCNC(COC(C)(C)C)C1CCC1. The average molecular weight is 199 g/mol. The van der Waals surface area contributed by atoms with Gasteiger partial charge in [0.05, 0.1) is 12.2 Å². The van der Waals surface area contributed by atoms with Crippen LogP contribution in [-0.2, 0) is 4.74 Å². The topological polar surface area (TPSA) is 21.3 Å². The number of nitrogens with one attached hydrogen (secondary N) is 1. The fourth-order valence-corrected chi connectivity index (χ4v) is 1.81. The molecule has 0 aromatic heterocycles. The second-order valence-corrected chi connectivity index (χ2v) is 5.28. The van der Waals surface area contributed by atoms with Crippen LogP contribution in [0, 0.1) is 5.92 Å². The Morgan fingerprint density at radius 1 is 1.36 bits per heavy atom. The molecule has 1 unspecified atom stereocenters. The second-order valence-electron chi connectivity index (χ2n) is 5.28. The van der Waals surface area contributed by atoms with Gasteiger partial charge >= 0.3 is 0 Å². The minimum Gasteiger partial charge on any atom is -0.374 e. The van der Waals surface area contributed by atoms with Crippen LogP contribution in [0.4, 0.5) is 0 Å². The van der Waals surface area contributed by atoms with E-state index in [2.05, 4.69) is 33.0 Å². The maximum atomic E-state index is 5.84. The molecule has 1 rings (SSSR count). The third kappa shape index (κ3) is 3.97. The molecule has 0 radical (unpaired) electrons. The third-order valence-electron chi connectivity index (χ3n) is 2.88. The van der Waals surface area contributed by atoms with Gasteiger partial charge in [-0.05, 0) is 46.1 Å². The lowest BCUT2D eigenvalue weighted by Crippen LogP contribution is -2.44. The van der Waals surface area contributed by atoms with Crippen molar-refractivity contribution >= 4 is 0 Å². The predicted molar refractivity (Wildman–Crippen MR) is 60.5 cm³/mol. The fraction of sp³-hybridized carbons (Fsp3) is 1.00. The fourth-order valence-electron chi connectivity index (χ4n) is 1.81. The number of hydrogen-bond donors (Lipinski definition) is 1. The highest BCUT2D eigenvalue weighted by Crippen LogP contribution is 2.30. The van der Waals surface area contributed by atoms with E-state index in [1.54, 1.807) is 0 Å². The quantitative estimate of drug-likeness (QED) is 0.735. The number of rotatable bonds is 5. The van der Waals surface area contributed by atoms with Gasteiger partial charge in [0.2, 0.25) is 0 Å². The standard InChI is InChI=1S/C12H25NO/c1-5-13-11(10-7-6-8-10)9-14-12(2,3)4/h10-11,13H,5-9H2,1-4H3. The average Bonchev–Trinajstić information content (AvgIpc) is 1.95. The zero-order valence-electron chi connectivity index (χ0n) is 10.1. The second kappa shape index (κ2) is 5.13. The van der Waals surface area contributed by atoms with E-state index in [1.807, 2.05) is 0 Å². The molecule has 0 aliphatic heterocycles. The highest BCUT2D eigenvalue weighted by molar-refractivity contribution is 4.82. The Morgan fingerprint density at radius 2 is 2.00 bits per heavy atom. The van der Waals surface area contributed by atoms with Gasteiger partial charge < -0.3 is 10.1 Å². The molecule has 0 aromatic carbocycles. The zero-order chi connectivity index (χ0) is 10.6. The van der Waals surface area contributed by atoms with Crippen molar-refractivity contribution in [3.05, 3.63) is 0 Å². The smallest absolute Gasteiger partial charge is 0.0629 e. The van der Waals surface area contributed by atoms with Crippen LogP contribution in [0.25, 0.3) is 0 Å². The van der Waals surface area contributed by atoms with Crippen LogP contribution >= 0.6 is 0 Å². The molecule has 1 aliphatic carbocycles. The Balaban J connectivity index is 2.27. The van der Waals surface area contributed by atoms with Crippen LogP contribution in [0.3, 0.4) is 0 Å². The summed E-state index contributed by atoms with van der Waals surface area (Å²) in [7, 11) is 0. The lowest BCUT2D eigenvalue weighted by Gasteiger charge is -2.35. The van der Waals surface area contributed by atoms with Gasteiger partial charge in [-0.1, -0.05) is 13.3 Å². The number of ether oxygens (including phenoxy) is 1. The monoisotopic (exact) mass is 199 g/mol. The zero-order valence-corrected chi connectivity index (χ0v) is 10.1. The Kier molecular flexibility index (Phi) is 4.39. The Bertz CT molecular complexity index is 158. The summed E-state index contributed by atoms with van der Waals surface area (Å²) in [6.07, 6.45) is 4.17. The summed E-state index contributed by atoms with van der Waals surface area (Å²) < 4.78 is 5.84. The number of hydrogen-bond acceptors (Lipinski definition) is 2. The van der Waals surface area contributed by atoms with Gasteiger partial charge in [-0.15, -0.1) is 0 Å². The molecule has 1 aliphatic rings. The highest BCUT2D eigenvalue weighted by atomic mass is 16.5. The van der Waals surface area contributed by atoms with E-state index in [0.29, 0.717) is 6.04 Å². The van der Waals surface area contributed by atoms with Crippen LogP contribution in [0.5, 0.6) is 0 Å². The van der Waals surface area contributed by atoms with Gasteiger partial charge in [0.15, 0.2) is 0 Å². The lowest BCUT2D eigenvalue weighted by atomic mass is 9.80. The normalized spacial score (nSPS) is 20.6. The Hall–Kier alpha value is -0.0800. The molecule has 84 valence electrons. The van der Waals surface area contributed by atoms with Gasteiger partial charge in [0.25, 0.3) is 0 Å². The van der Waals surface area contributed by atoms with E-state index in [4.69, 9.17) is 4.74 Å². The van der Waals surface area contributed by atoms with Crippen molar-refractivity contribution in [2.45, 2.75) is 58.6 Å². The molecule has 0 heterocycles. The molecule has 0 amide bonds. The predicted octanol–water partition coefficient (Wildman–Crippen LogP) is 2.58. The maximum absolute atomic E-state index is 5.84. The van der Waals surface area contributed by atoms with Crippen molar-refractivity contribution in [1.29, 1.82) is 0 Å². The van der Waals surface area contributed by atoms with Gasteiger partial charge in [0, 0.05) is 6.04 Å². The molecule has 0 saturated heterocycles. The molecule has 0 aromatic rings. The van der Waals surface area contributed by atoms with E-state index in [0.717, 1.165) is 19.1 Å². The first-order valence-electron chi connectivity index (χ1n) is 5.90. The van der Waals surface area contributed by atoms with E-state index >= 15 is 0 Å². The summed E-state index contributed by atoms with van der Waals surface area (Å²) in [6.45, 7) is 10.4. The van der Waals surface area contributed by atoms with E-state index in [-0.39, 0.29) is 5.60 Å². The molecular weight excluding hydrogens is 174 g/mol. The molecule has 14 heavy (non-hydrogen) atoms. The first-order chi connectivity index (χ1) is 6.53. The van der Waals surface area contributed by atoms with Crippen molar-refractivity contribution in [3.63, 3.8) is 0 Å². The summed E-state index contributed by atoms with van der Waals surface area (Å²) >= 11 is 0. The van der Waals surface area contributed by atoms with Gasteiger partial charge in [0.1, 0.15) is 0 Å². The summed E-state index contributed by atoms with van der Waals surface area (Å²) in [6, 6.07) is 0.577. The van der Waals surface area contributed by atoms with Gasteiger partial charge in [-0.25, -0.2) is 0 Å². The summed E-state index contributed by atoms with van der Waals surface area (Å²) in [5.41, 5.74) is -0.00256. The van der Waals surface area contributed by atoms with E-state index in [9.17, 15) is 0 Å². The van der Waals surface area contributed by atoms with Crippen LogP contribution in [-0.4, -0.2) is 24.8 Å². The van der Waals surface area contributed by atoms with Gasteiger partial charge in [-0.3, -0.25) is 0 Å². The first kappa shape index (κ1) is 12.0. The number of likely N-dealkylation sites (N-methyl/N-ethyl adjacent to an activating group) is 1. The molecule has 0 bridgehead atoms. The van der Waals surface area contributed by atoms with Crippen molar-refractivity contribution in [3.8, 4) is 0 Å². The lowest BCUT2D eigenvalue weighted by molar-refractivity contribution is -0.0278. The van der Waals surface area contributed by atoms with Gasteiger partial charge in [-0.2, -0.15) is 0 Å². The van der Waals surface area contributed by atoms with Crippen LogP contribution < -0.4 is 5.32 Å². The highest BCUT2D eigenvalue weighted by Gasteiger charge is 2.27. The molecule has 2 nitrogen and oxygen atoms in total. The van der Waals surface area contributed by atoms with Crippen LogP contribution in [0.15, 0.2) is 0 Å². The summed E-state index contributed by atoms with van der Waals surface area (Å²) in [4.78, 5) is 0. The molecule has 1 fully saturated rings. The van der Waals surface area contributed by atoms with Crippen molar-refractivity contribution in [1.82, 2.24) is 5.32 Å². The summed E-state index contributed by atoms with van der Waals surface area (Å²) in [5.74, 6) is 0.859. The first-order valence-corrected chi connectivity index (χ1v) is 5.90.